The summed E-state index contributed by atoms with van der Waals surface area (Å²) < 4.78 is 33.7. The molecule has 21 heavy (non-hydrogen) atoms. The largest absolute Gasteiger partial charge is 0.362 e. The van der Waals surface area contributed by atoms with Gasteiger partial charge in [-0.05, 0) is 46.0 Å². The first-order valence-electron chi connectivity index (χ1n) is 7.14. The highest BCUT2D eigenvalue weighted by molar-refractivity contribution is 7.89. The molecule has 1 fully saturated rings. The lowest BCUT2D eigenvalue weighted by molar-refractivity contribution is 0.112. The molecule has 0 aliphatic carbocycles. The van der Waals surface area contributed by atoms with Crippen molar-refractivity contribution in [2.24, 2.45) is 0 Å². The summed E-state index contributed by atoms with van der Waals surface area (Å²) in [6.45, 7) is 1.60. The highest BCUT2D eigenvalue weighted by Crippen LogP contribution is 2.27. The van der Waals surface area contributed by atoms with Crippen LogP contribution >= 0.6 is 0 Å². The van der Waals surface area contributed by atoms with E-state index in [1.54, 1.807) is 4.31 Å². The van der Waals surface area contributed by atoms with Crippen LogP contribution in [0.3, 0.4) is 0 Å². The highest BCUT2D eigenvalue weighted by Gasteiger charge is 2.36. The van der Waals surface area contributed by atoms with Crippen LogP contribution in [0.15, 0.2) is 17.3 Å². The summed E-state index contributed by atoms with van der Waals surface area (Å²) in [6, 6.07) is 1.61. The molecule has 1 aromatic heterocycles. The van der Waals surface area contributed by atoms with Crippen LogP contribution in [0.4, 0.5) is 0 Å². The van der Waals surface area contributed by atoms with Gasteiger partial charge in [0.05, 0.1) is 6.20 Å². The number of ether oxygens (including phenoxy) is 1. The van der Waals surface area contributed by atoms with Crippen LogP contribution in [0.1, 0.15) is 19.3 Å². The second kappa shape index (κ2) is 6.87. The molecule has 1 saturated heterocycles. The topological polar surface area (TPSA) is 67.7 Å². The normalized spacial score (nSPS) is 20.5. The minimum Gasteiger partial charge on any atom is -0.362 e. The first-order chi connectivity index (χ1) is 9.96. The Morgan fingerprint density at radius 2 is 2.24 bits per heavy atom. The first-order valence-corrected chi connectivity index (χ1v) is 8.58. The van der Waals surface area contributed by atoms with E-state index in [1.807, 2.05) is 14.1 Å². The Kier molecular flexibility index (Phi) is 5.37. The summed E-state index contributed by atoms with van der Waals surface area (Å²) in [5, 5.41) is 4.23. The average Bonchev–Trinajstić information content (AvgIpc) is 3.05. The van der Waals surface area contributed by atoms with Gasteiger partial charge in [-0.15, -0.1) is 0 Å². The summed E-state index contributed by atoms with van der Waals surface area (Å²) in [5.74, 6) is 0. The molecule has 1 aliphatic heterocycles. The van der Waals surface area contributed by atoms with Crippen LogP contribution in [-0.2, 0) is 21.5 Å². The molecule has 0 N–H and O–H groups in total. The third kappa shape index (κ3) is 3.63. The van der Waals surface area contributed by atoms with Gasteiger partial charge in [0.2, 0.25) is 0 Å². The number of rotatable bonds is 7. The van der Waals surface area contributed by atoms with Crippen molar-refractivity contribution in [3.8, 4) is 0 Å². The summed E-state index contributed by atoms with van der Waals surface area (Å²) >= 11 is 0. The molecule has 0 spiro atoms. The van der Waals surface area contributed by atoms with Crippen LogP contribution in [-0.4, -0.2) is 67.7 Å². The Labute approximate surface area is 126 Å². The third-order valence-electron chi connectivity index (χ3n) is 3.73. The van der Waals surface area contributed by atoms with Gasteiger partial charge in [-0.2, -0.15) is 9.40 Å². The van der Waals surface area contributed by atoms with Gasteiger partial charge in [-0.25, -0.2) is 13.1 Å². The van der Waals surface area contributed by atoms with Crippen molar-refractivity contribution in [2.75, 3.05) is 34.3 Å². The number of hydrogen-bond acceptors (Lipinski definition) is 5. The van der Waals surface area contributed by atoms with E-state index in [1.165, 1.54) is 24.1 Å². The maximum absolute atomic E-state index is 12.8. The zero-order valence-electron chi connectivity index (χ0n) is 12.9. The number of aromatic nitrogens is 2. The Morgan fingerprint density at radius 3 is 2.90 bits per heavy atom. The quantitative estimate of drug-likeness (QED) is 0.736. The summed E-state index contributed by atoms with van der Waals surface area (Å²) in [7, 11) is 2.01. The molecule has 8 heteroatoms. The maximum atomic E-state index is 12.8. The maximum Gasteiger partial charge on any atom is 0.260 e. The van der Waals surface area contributed by atoms with E-state index >= 15 is 0 Å². The fourth-order valence-electron chi connectivity index (χ4n) is 2.70. The van der Waals surface area contributed by atoms with Gasteiger partial charge < -0.3 is 9.64 Å². The van der Waals surface area contributed by atoms with Crippen molar-refractivity contribution in [3.05, 3.63) is 12.3 Å². The molecule has 2 heterocycles. The van der Waals surface area contributed by atoms with E-state index in [0.717, 1.165) is 25.8 Å². The lowest BCUT2D eigenvalue weighted by Gasteiger charge is -2.25. The average molecular weight is 316 g/mol. The minimum atomic E-state index is -3.51. The van der Waals surface area contributed by atoms with E-state index in [0.29, 0.717) is 6.54 Å². The second-order valence-electron chi connectivity index (χ2n) is 5.59. The molecule has 0 aromatic carbocycles. The van der Waals surface area contributed by atoms with E-state index < -0.39 is 10.0 Å². The van der Waals surface area contributed by atoms with Gasteiger partial charge in [0.15, 0.2) is 5.03 Å². The monoisotopic (exact) mass is 316 g/mol. The second-order valence-corrected chi connectivity index (χ2v) is 7.43. The van der Waals surface area contributed by atoms with Crippen molar-refractivity contribution in [3.63, 3.8) is 0 Å². The molecule has 120 valence electrons. The Hall–Kier alpha value is -0.960. The molecule has 0 bridgehead atoms. The van der Waals surface area contributed by atoms with Crippen LogP contribution in [0.5, 0.6) is 0 Å². The van der Waals surface area contributed by atoms with Crippen LogP contribution in [0.25, 0.3) is 0 Å². The molecular formula is C13H24N4O3S. The van der Waals surface area contributed by atoms with Crippen molar-refractivity contribution in [2.45, 2.75) is 37.1 Å². The van der Waals surface area contributed by atoms with Crippen LogP contribution < -0.4 is 0 Å². The van der Waals surface area contributed by atoms with Crippen molar-refractivity contribution < 1.29 is 13.2 Å². The summed E-state index contributed by atoms with van der Waals surface area (Å²) in [4.78, 5) is 2.08. The third-order valence-corrected chi connectivity index (χ3v) is 5.71. The van der Waals surface area contributed by atoms with E-state index in [-0.39, 0.29) is 17.8 Å². The first kappa shape index (κ1) is 16.4. The molecule has 7 nitrogen and oxygen atoms in total. The van der Waals surface area contributed by atoms with Crippen LogP contribution in [0, 0.1) is 0 Å². The standard InChI is InChI=1S/C13H24N4O3S/c1-15(2)10-7-12-5-4-9-17(12)21(18,19)13-6-8-14-16(13)11-20-3/h6,8,12H,4-5,7,9-11H2,1-3H3. The van der Waals surface area contributed by atoms with Crippen molar-refractivity contribution >= 4 is 10.0 Å². The van der Waals surface area contributed by atoms with Crippen LogP contribution in [0.2, 0.25) is 0 Å². The summed E-state index contributed by atoms with van der Waals surface area (Å²) in [5.41, 5.74) is 0. The smallest absolute Gasteiger partial charge is 0.260 e. The zero-order valence-corrected chi connectivity index (χ0v) is 13.7. The molecule has 0 amide bonds. The fraction of sp³-hybridized carbons (Fsp3) is 0.769. The summed E-state index contributed by atoms with van der Waals surface area (Å²) in [6.07, 6.45) is 4.18. The Balaban J connectivity index is 2.19. The lowest BCUT2D eigenvalue weighted by atomic mass is 10.1. The van der Waals surface area contributed by atoms with Gasteiger partial charge in [-0.3, -0.25) is 0 Å². The zero-order chi connectivity index (χ0) is 15.5. The highest BCUT2D eigenvalue weighted by atomic mass is 32.2. The number of methoxy groups -OCH3 is 1. The van der Waals surface area contributed by atoms with Gasteiger partial charge in [0.25, 0.3) is 10.0 Å². The number of sulfonamides is 1. The Bertz CT molecular complexity index is 556. The number of hydrogen-bond donors (Lipinski definition) is 0. The molecule has 1 aromatic rings. The van der Waals surface area contributed by atoms with E-state index in [2.05, 4.69) is 10.00 Å². The number of nitrogens with zero attached hydrogens (tertiary/aromatic N) is 4. The van der Waals surface area contributed by atoms with Crippen molar-refractivity contribution in [1.82, 2.24) is 19.0 Å². The molecule has 0 saturated carbocycles. The van der Waals surface area contributed by atoms with E-state index in [9.17, 15) is 8.42 Å². The predicted octanol–water partition coefficient (Wildman–Crippen LogP) is 0.592. The molecular weight excluding hydrogens is 292 g/mol. The molecule has 0 radical (unpaired) electrons. The van der Waals surface area contributed by atoms with Gasteiger partial charge in [-0.1, -0.05) is 0 Å². The van der Waals surface area contributed by atoms with Gasteiger partial charge >= 0.3 is 0 Å². The minimum absolute atomic E-state index is 0.0725. The van der Waals surface area contributed by atoms with Gasteiger partial charge in [0.1, 0.15) is 6.73 Å². The molecule has 1 atom stereocenters. The molecule has 2 rings (SSSR count). The lowest BCUT2D eigenvalue weighted by Crippen LogP contribution is -2.38. The molecule has 1 aliphatic rings. The van der Waals surface area contributed by atoms with Crippen molar-refractivity contribution in [1.29, 1.82) is 0 Å². The van der Waals surface area contributed by atoms with Gasteiger partial charge in [0, 0.05) is 19.7 Å². The van der Waals surface area contributed by atoms with E-state index in [4.69, 9.17) is 4.74 Å². The molecule has 1 unspecified atom stereocenters. The Morgan fingerprint density at radius 1 is 1.48 bits per heavy atom. The SMILES string of the molecule is COCn1nccc1S(=O)(=O)N1CCCC1CCN(C)C. The fourth-order valence-corrected chi connectivity index (χ4v) is 4.51. The predicted molar refractivity (Wildman–Crippen MR) is 79.3 cm³/mol.